The molecule has 1 atom stereocenters. The van der Waals surface area contributed by atoms with Gasteiger partial charge in [-0.05, 0) is 52.4 Å². The molecule has 33 heavy (non-hydrogen) atoms. The van der Waals surface area contributed by atoms with Crippen molar-refractivity contribution in [3.8, 4) is 5.75 Å². The predicted octanol–water partition coefficient (Wildman–Crippen LogP) is 2.22. The van der Waals surface area contributed by atoms with Crippen molar-refractivity contribution in [2.24, 2.45) is 0 Å². The Bertz CT molecular complexity index is 1140. The Labute approximate surface area is 194 Å². The number of hydrogen-bond acceptors (Lipinski definition) is 5. The van der Waals surface area contributed by atoms with Crippen LogP contribution in [0.4, 0.5) is 5.69 Å². The van der Waals surface area contributed by atoms with Crippen LogP contribution in [0.1, 0.15) is 23.0 Å². The Kier molecular flexibility index (Phi) is 6.30. The molecule has 0 aliphatic carbocycles. The van der Waals surface area contributed by atoms with Gasteiger partial charge in [0.15, 0.2) is 6.04 Å². The summed E-state index contributed by atoms with van der Waals surface area (Å²) in [6.07, 6.45) is 0. The van der Waals surface area contributed by atoms with E-state index in [1.165, 1.54) is 21.7 Å². The second-order valence-electron chi connectivity index (χ2n) is 8.37. The lowest BCUT2D eigenvalue weighted by Crippen LogP contribution is -3.15. The van der Waals surface area contributed by atoms with Gasteiger partial charge in [0.1, 0.15) is 5.75 Å². The summed E-state index contributed by atoms with van der Waals surface area (Å²) in [7, 11) is 1.70. The third kappa shape index (κ3) is 4.73. The molecule has 0 spiro atoms. The van der Waals surface area contributed by atoms with E-state index in [1.54, 1.807) is 7.11 Å². The number of hydrogen-bond donors (Lipinski definition) is 1. The van der Waals surface area contributed by atoms with Crippen LogP contribution in [0.5, 0.6) is 5.75 Å². The molecule has 5 rings (SSSR count). The number of anilines is 1. The molecule has 1 aromatic heterocycles. The standard InChI is InChI=1S/C26H28N6O/c1-33-24-14-12-22(13-15-24)25(26-27-28-29-32(26)20-21-8-4-2-5-9-21)31-18-16-30(17-19-31)23-10-6-3-7-11-23/h2-15,25H,16-20H2,1H3/p+1/t25-/m0/s1. The highest BCUT2D eigenvalue weighted by molar-refractivity contribution is 5.46. The fraction of sp³-hybridized carbons (Fsp3) is 0.269. The van der Waals surface area contributed by atoms with Crippen molar-refractivity contribution < 1.29 is 9.64 Å². The van der Waals surface area contributed by atoms with Crippen molar-refractivity contribution in [2.45, 2.75) is 12.6 Å². The first-order valence-corrected chi connectivity index (χ1v) is 11.4. The highest BCUT2D eigenvalue weighted by atomic mass is 16.5. The van der Waals surface area contributed by atoms with Gasteiger partial charge in [0.2, 0.25) is 5.82 Å². The number of para-hydroxylation sites is 1. The number of nitrogens with zero attached hydrogens (tertiary/aromatic N) is 5. The number of aromatic nitrogens is 4. The van der Waals surface area contributed by atoms with Crippen LogP contribution in [0, 0.1) is 0 Å². The molecular weight excluding hydrogens is 412 g/mol. The Morgan fingerprint density at radius 2 is 1.55 bits per heavy atom. The van der Waals surface area contributed by atoms with Crippen molar-refractivity contribution >= 4 is 5.69 Å². The Morgan fingerprint density at radius 3 is 2.21 bits per heavy atom. The second kappa shape index (κ2) is 9.83. The summed E-state index contributed by atoms with van der Waals surface area (Å²) >= 11 is 0. The van der Waals surface area contributed by atoms with Crippen LogP contribution in [-0.2, 0) is 6.54 Å². The average Bonchev–Trinajstić information content (AvgIpc) is 3.33. The van der Waals surface area contributed by atoms with Gasteiger partial charge in [-0.15, -0.1) is 5.10 Å². The summed E-state index contributed by atoms with van der Waals surface area (Å²) in [6, 6.07) is 29.4. The number of ether oxygens (including phenoxy) is 1. The molecule has 3 aromatic carbocycles. The third-order valence-corrected chi connectivity index (χ3v) is 6.38. The monoisotopic (exact) mass is 441 g/mol. The van der Waals surface area contributed by atoms with Crippen molar-refractivity contribution in [3.63, 3.8) is 0 Å². The fourth-order valence-electron chi connectivity index (χ4n) is 4.63. The second-order valence-corrected chi connectivity index (χ2v) is 8.37. The van der Waals surface area contributed by atoms with Crippen LogP contribution in [0.3, 0.4) is 0 Å². The van der Waals surface area contributed by atoms with Gasteiger partial charge >= 0.3 is 0 Å². The summed E-state index contributed by atoms with van der Waals surface area (Å²) in [6.45, 7) is 4.64. The molecule has 1 aliphatic rings. The minimum atomic E-state index is 0.0486. The summed E-state index contributed by atoms with van der Waals surface area (Å²) in [4.78, 5) is 3.93. The minimum Gasteiger partial charge on any atom is -0.497 e. The van der Waals surface area contributed by atoms with Crippen LogP contribution in [0.2, 0.25) is 0 Å². The van der Waals surface area contributed by atoms with Gasteiger partial charge in [-0.25, -0.2) is 4.68 Å². The predicted molar refractivity (Wildman–Crippen MR) is 128 cm³/mol. The van der Waals surface area contributed by atoms with Gasteiger partial charge in [0, 0.05) is 11.3 Å². The number of quaternary nitrogens is 1. The molecule has 1 fully saturated rings. The van der Waals surface area contributed by atoms with E-state index in [0.29, 0.717) is 6.54 Å². The molecule has 1 N–H and O–H groups in total. The lowest BCUT2D eigenvalue weighted by Gasteiger charge is -2.37. The minimum absolute atomic E-state index is 0.0486. The SMILES string of the molecule is COc1ccc([C@@H](c2nnnn2Cc2ccccc2)[NH+]2CCN(c3ccccc3)CC2)cc1. The number of nitrogens with one attached hydrogen (secondary N) is 1. The molecule has 1 saturated heterocycles. The number of rotatable bonds is 7. The van der Waals surface area contributed by atoms with E-state index >= 15 is 0 Å². The van der Waals surface area contributed by atoms with Crippen molar-refractivity contribution in [2.75, 3.05) is 38.2 Å². The van der Waals surface area contributed by atoms with E-state index < -0.39 is 0 Å². The van der Waals surface area contributed by atoms with E-state index in [1.807, 2.05) is 35.0 Å². The van der Waals surface area contributed by atoms with Gasteiger partial charge < -0.3 is 14.5 Å². The van der Waals surface area contributed by atoms with Crippen LogP contribution >= 0.6 is 0 Å². The maximum Gasteiger partial charge on any atom is 0.214 e. The van der Waals surface area contributed by atoms with E-state index in [0.717, 1.165) is 37.8 Å². The molecule has 2 heterocycles. The number of piperazine rings is 1. The van der Waals surface area contributed by atoms with E-state index in [9.17, 15) is 0 Å². The zero-order valence-corrected chi connectivity index (χ0v) is 18.8. The first-order valence-electron chi connectivity index (χ1n) is 11.4. The smallest absolute Gasteiger partial charge is 0.214 e. The average molecular weight is 442 g/mol. The lowest BCUT2D eigenvalue weighted by atomic mass is 10.0. The van der Waals surface area contributed by atoms with E-state index in [-0.39, 0.29) is 6.04 Å². The zero-order chi connectivity index (χ0) is 22.5. The topological polar surface area (TPSA) is 60.5 Å². The normalized spacial score (nSPS) is 15.4. The Balaban J connectivity index is 1.43. The van der Waals surface area contributed by atoms with Gasteiger partial charge in [-0.2, -0.15) is 0 Å². The summed E-state index contributed by atoms with van der Waals surface area (Å²) < 4.78 is 7.34. The molecule has 4 aromatic rings. The molecule has 0 saturated carbocycles. The van der Waals surface area contributed by atoms with Crippen LogP contribution in [-0.4, -0.2) is 53.5 Å². The van der Waals surface area contributed by atoms with Gasteiger partial charge in [0.25, 0.3) is 0 Å². The first kappa shape index (κ1) is 21.2. The molecular formula is C26H29N6O+. The van der Waals surface area contributed by atoms with Crippen LogP contribution in [0.15, 0.2) is 84.9 Å². The summed E-state index contributed by atoms with van der Waals surface area (Å²) in [5.74, 6) is 1.75. The molecule has 1 aliphatic heterocycles. The summed E-state index contributed by atoms with van der Waals surface area (Å²) in [5.41, 5.74) is 3.66. The molecule has 7 nitrogen and oxygen atoms in total. The largest absolute Gasteiger partial charge is 0.497 e. The highest BCUT2D eigenvalue weighted by Gasteiger charge is 2.34. The molecule has 7 heteroatoms. The van der Waals surface area contributed by atoms with Gasteiger partial charge in [0.05, 0.1) is 39.8 Å². The quantitative estimate of drug-likeness (QED) is 0.477. The van der Waals surface area contributed by atoms with Crippen molar-refractivity contribution in [1.29, 1.82) is 0 Å². The molecule has 0 radical (unpaired) electrons. The van der Waals surface area contributed by atoms with Crippen LogP contribution < -0.4 is 14.5 Å². The molecule has 0 unspecified atom stereocenters. The maximum atomic E-state index is 5.39. The summed E-state index contributed by atoms with van der Waals surface area (Å²) in [5, 5.41) is 12.9. The van der Waals surface area contributed by atoms with E-state index in [4.69, 9.17) is 4.74 Å². The number of methoxy groups -OCH3 is 1. The van der Waals surface area contributed by atoms with Crippen LogP contribution in [0.25, 0.3) is 0 Å². The van der Waals surface area contributed by atoms with Gasteiger partial charge in [-0.3, -0.25) is 0 Å². The molecule has 0 amide bonds. The maximum absolute atomic E-state index is 5.39. The van der Waals surface area contributed by atoms with Gasteiger partial charge in [-0.1, -0.05) is 48.5 Å². The van der Waals surface area contributed by atoms with Crippen molar-refractivity contribution in [3.05, 3.63) is 102 Å². The number of benzene rings is 3. The first-order chi connectivity index (χ1) is 16.3. The number of tetrazole rings is 1. The fourth-order valence-corrected chi connectivity index (χ4v) is 4.63. The lowest BCUT2D eigenvalue weighted by molar-refractivity contribution is -0.927. The van der Waals surface area contributed by atoms with E-state index in [2.05, 4.69) is 75.0 Å². The van der Waals surface area contributed by atoms with Crippen molar-refractivity contribution in [1.82, 2.24) is 20.2 Å². The Hall–Kier alpha value is -3.71. The zero-order valence-electron chi connectivity index (χ0n) is 18.8. The highest BCUT2D eigenvalue weighted by Crippen LogP contribution is 2.22. The Morgan fingerprint density at radius 1 is 0.879 bits per heavy atom. The molecule has 168 valence electrons. The third-order valence-electron chi connectivity index (χ3n) is 6.38. The molecule has 0 bridgehead atoms.